The molecule has 1 aliphatic carbocycles. The second-order valence-corrected chi connectivity index (χ2v) is 6.92. The van der Waals surface area contributed by atoms with E-state index in [0.29, 0.717) is 5.56 Å². The predicted molar refractivity (Wildman–Crippen MR) is 102 cm³/mol. The number of rotatable bonds is 4. The van der Waals surface area contributed by atoms with Crippen molar-refractivity contribution in [1.82, 2.24) is 10.3 Å². The fourth-order valence-electron chi connectivity index (χ4n) is 3.31. The second kappa shape index (κ2) is 8.61. The molecule has 5 nitrogen and oxygen atoms in total. The standard InChI is InChI=1S/C21H25N3O2/c1-15-7-6-10-18(13-15)24-20(25)16-11-12-22-19(14-16)21(26)23-17-8-4-2-3-5-9-17/h6-7,10-14,17H,2-5,8-9H2,1H3,(H,23,26)(H,24,25). The summed E-state index contributed by atoms with van der Waals surface area (Å²) in [5.41, 5.74) is 2.51. The molecule has 2 N–H and O–H groups in total. The van der Waals surface area contributed by atoms with Gasteiger partial charge in [0, 0.05) is 23.5 Å². The number of anilines is 1. The van der Waals surface area contributed by atoms with E-state index < -0.39 is 0 Å². The number of hydrogen-bond donors (Lipinski definition) is 2. The number of aryl methyl sites for hydroxylation is 1. The zero-order valence-electron chi connectivity index (χ0n) is 15.1. The third-order valence-corrected chi connectivity index (χ3v) is 4.72. The summed E-state index contributed by atoms with van der Waals surface area (Å²) in [5, 5.41) is 5.92. The number of carbonyl (C=O) groups is 2. The molecule has 1 aliphatic rings. The first-order chi connectivity index (χ1) is 12.6. The van der Waals surface area contributed by atoms with Gasteiger partial charge in [0.05, 0.1) is 0 Å². The summed E-state index contributed by atoms with van der Waals surface area (Å²) in [5.74, 6) is -0.455. The van der Waals surface area contributed by atoms with E-state index in [0.717, 1.165) is 36.9 Å². The van der Waals surface area contributed by atoms with Crippen LogP contribution in [-0.2, 0) is 0 Å². The highest BCUT2D eigenvalue weighted by molar-refractivity contribution is 6.05. The minimum Gasteiger partial charge on any atom is -0.348 e. The van der Waals surface area contributed by atoms with Gasteiger partial charge in [-0.2, -0.15) is 0 Å². The number of amides is 2. The van der Waals surface area contributed by atoms with E-state index in [1.807, 2.05) is 31.2 Å². The highest BCUT2D eigenvalue weighted by atomic mass is 16.2. The molecular weight excluding hydrogens is 326 g/mol. The van der Waals surface area contributed by atoms with Gasteiger partial charge in [0.2, 0.25) is 0 Å². The largest absolute Gasteiger partial charge is 0.348 e. The van der Waals surface area contributed by atoms with Gasteiger partial charge in [-0.3, -0.25) is 14.6 Å². The van der Waals surface area contributed by atoms with Crippen LogP contribution in [0.2, 0.25) is 0 Å². The van der Waals surface area contributed by atoms with Gasteiger partial charge in [-0.05, 0) is 49.6 Å². The first-order valence-electron chi connectivity index (χ1n) is 9.27. The quantitative estimate of drug-likeness (QED) is 0.815. The van der Waals surface area contributed by atoms with Crippen LogP contribution in [0.4, 0.5) is 5.69 Å². The summed E-state index contributed by atoms with van der Waals surface area (Å²) in [6.45, 7) is 1.97. The number of nitrogens with one attached hydrogen (secondary N) is 2. The summed E-state index contributed by atoms with van der Waals surface area (Å²) < 4.78 is 0. The smallest absolute Gasteiger partial charge is 0.270 e. The van der Waals surface area contributed by atoms with Crippen molar-refractivity contribution >= 4 is 17.5 Å². The van der Waals surface area contributed by atoms with Crippen LogP contribution in [0.5, 0.6) is 0 Å². The molecule has 0 atom stereocenters. The van der Waals surface area contributed by atoms with E-state index in [-0.39, 0.29) is 23.6 Å². The monoisotopic (exact) mass is 351 g/mol. The molecule has 26 heavy (non-hydrogen) atoms. The normalized spacial score (nSPS) is 15.1. The Balaban J connectivity index is 1.66. The summed E-state index contributed by atoms with van der Waals surface area (Å²) in [6.07, 6.45) is 8.30. The van der Waals surface area contributed by atoms with E-state index in [2.05, 4.69) is 15.6 Å². The number of benzene rings is 1. The van der Waals surface area contributed by atoms with Crippen LogP contribution in [0, 0.1) is 6.92 Å². The third kappa shape index (κ3) is 4.91. The Hall–Kier alpha value is -2.69. The average molecular weight is 351 g/mol. The molecule has 1 fully saturated rings. The molecule has 0 aliphatic heterocycles. The molecule has 2 amide bonds. The van der Waals surface area contributed by atoms with Gasteiger partial charge >= 0.3 is 0 Å². The van der Waals surface area contributed by atoms with Crippen molar-refractivity contribution in [3.8, 4) is 0 Å². The molecule has 1 aromatic heterocycles. The van der Waals surface area contributed by atoms with Gasteiger partial charge in [-0.15, -0.1) is 0 Å². The van der Waals surface area contributed by atoms with Crippen molar-refractivity contribution in [2.24, 2.45) is 0 Å². The maximum absolute atomic E-state index is 12.5. The molecule has 136 valence electrons. The lowest BCUT2D eigenvalue weighted by Gasteiger charge is -2.16. The molecule has 1 saturated carbocycles. The highest BCUT2D eigenvalue weighted by Crippen LogP contribution is 2.18. The molecule has 1 aromatic carbocycles. The summed E-state index contributed by atoms with van der Waals surface area (Å²) in [6, 6.07) is 11.0. The van der Waals surface area contributed by atoms with E-state index in [9.17, 15) is 9.59 Å². The zero-order valence-corrected chi connectivity index (χ0v) is 15.1. The first kappa shape index (κ1) is 18.1. The summed E-state index contributed by atoms with van der Waals surface area (Å²) in [7, 11) is 0. The van der Waals surface area contributed by atoms with Crippen LogP contribution >= 0.6 is 0 Å². The van der Waals surface area contributed by atoms with Gasteiger partial charge in [0.25, 0.3) is 11.8 Å². The van der Waals surface area contributed by atoms with Gasteiger partial charge in [-0.1, -0.05) is 37.8 Å². The van der Waals surface area contributed by atoms with Crippen molar-refractivity contribution in [2.75, 3.05) is 5.32 Å². The minimum absolute atomic E-state index is 0.205. The number of hydrogen-bond acceptors (Lipinski definition) is 3. The fourth-order valence-corrected chi connectivity index (χ4v) is 3.31. The first-order valence-corrected chi connectivity index (χ1v) is 9.27. The maximum atomic E-state index is 12.5. The SMILES string of the molecule is Cc1cccc(NC(=O)c2ccnc(C(=O)NC3CCCCCC3)c2)c1. The average Bonchev–Trinajstić information content (AvgIpc) is 2.90. The third-order valence-electron chi connectivity index (χ3n) is 4.72. The molecule has 3 rings (SSSR count). The molecule has 1 heterocycles. The minimum atomic E-state index is -0.249. The molecule has 0 bridgehead atoms. The Kier molecular flexibility index (Phi) is 6.00. The van der Waals surface area contributed by atoms with Crippen molar-refractivity contribution in [1.29, 1.82) is 0 Å². The van der Waals surface area contributed by atoms with Gasteiger partial charge in [0.1, 0.15) is 5.69 Å². The molecule has 0 unspecified atom stereocenters. The summed E-state index contributed by atoms with van der Waals surface area (Å²) >= 11 is 0. The van der Waals surface area contributed by atoms with Crippen molar-refractivity contribution in [2.45, 2.75) is 51.5 Å². The van der Waals surface area contributed by atoms with Crippen molar-refractivity contribution in [3.63, 3.8) is 0 Å². The summed E-state index contributed by atoms with van der Waals surface area (Å²) in [4.78, 5) is 29.1. The number of aromatic nitrogens is 1. The van der Waals surface area contributed by atoms with Crippen molar-refractivity contribution in [3.05, 3.63) is 59.4 Å². The van der Waals surface area contributed by atoms with Crippen LogP contribution in [0.15, 0.2) is 42.6 Å². The van der Waals surface area contributed by atoms with Crippen LogP contribution < -0.4 is 10.6 Å². The predicted octanol–water partition coefficient (Wildman–Crippen LogP) is 4.09. The Morgan fingerprint density at radius 1 is 1.00 bits per heavy atom. The zero-order chi connectivity index (χ0) is 18.4. The Morgan fingerprint density at radius 3 is 2.50 bits per heavy atom. The van der Waals surface area contributed by atoms with Crippen LogP contribution in [-0.4, -0.2) is 22.8 Å². The van der Waals surface area contributed by atoms with Gasteiger partial charge in [-0.25, -0.2) is 0 Å². The highest BCUT2D eigenvalue weighted by Gasteiger charge is 2.17. The van der Waals surface area contributed by atoms with Gasteiger partial charge in [0.15, 0.2) is 0 Å². The van der Waals surface area contributed by atoms with E-state index in [1.54, 1.807) is 12.1 Å². The lowest BCUT2D eigenvalue weighted by Crippen LogP contribution is -2.35. The molecular formula is C21H25N3O2. The van der Waals surface area contributed by atoms with Crippen molar-refractivity contribution < 1.29 is 9.59 Å². The fraction of sp³-hybridized carbons (Fsp3) is 0.381. The van der Waals surface area contributed by atoms with E-state index >= 15 is 0 Å². The topological polar surface area (TPSA) is 71.1 Å². The molecule has 5 heteroatoms. The van der Waals surface area contributed by atoms with Crippen LogP contribution in [0.3, 0.4) is 0 Å². The molecule has 0 saturated heterocycles. The molecule has 2 aromatic rings. The number of pyridine rings is 1. The van der Waals surface area contributed by atoms with Gasteiger partial charge < -0.3 is 10.6 Å². The Bertz CT molecular complexity index is 780. The lowest BCUT2D eigenvalue weighted by atomic mass is 10.1. The molecule has 0 radical (unpaired) electrons. The van der Waals surface area contributed by atoms with Crippen LogP contribution in [0.1, 0.15) is 64.9 Å². The Morgan fingerprint density at radius 2 is 1.77 bits per heavy atom. The van der Waals surface area contributed by atoms with Crippen LogP contribution in [0.25, 0.3) is 0 Å². The van der Waals surface area contributed by atoms with E-state index in [4.69, 9.17) is 0 Å². The Labute approximate surface area is 154 Å². The second-order valence-electron chi connectivity index (χ2n) is 6.92. The number of nitrogens with zero attached hydrogens (tertiary/aromatic N) is 1. The number of carbonyl (C=O) groups excluding carboxylic acids is 2. The maximum Gasteiger partial charge on any atom is 0.270 e. The lowest BCUT2D eigenvalue weighted by molar-refractivity contribution is 0.0928. The molecule has 0 spiro atoms. The van der Waals surface area contributed by atoms with E-state index in [1.165, 1.54) is 19.0 Å².